The average molecular weight is 417 g/mol. The predicted molar refractivity (Wildman–Crippen MR) is 121 cm³/mol. The highest BCUT2D eigenvalue weighted by atomic mass is 16.2. The van der Waals surface area contributed by atoms with E-state index < -0.39 is 0 Å². The summed E-state index contributed by atoms with van der Waals surface area (Å²) in [5, 5.41) is 3.15. The van der Waals surface area contributed by atoms with Gasteiger partial charge in [-0.15, -0.1) is 0 Å². The molecule has 0 radical (unpaired) electrons. The standard InChI is InChI=1S/C25H28N4O2/c1-3-19-8-4-7-18(2)23(19)27-24(30)20-11-15-28(16-12-20)25(31)22-10-6-14-29(22)21-9-5-13-26-17-21/h4-10,13-14,17,20H,3,11-12,15-16H2,1-2H3,(H,27,30). The fraction of sp³-hybridized carbons (Fsp3) is 0.320. The third-order valence-electron chi connectivity index (χ3n) is 6.03. The fourth-order valence-electron chi connectivity index (χ4n) is 4.21. The van der Waals surface area contributed by atoms with Gasteiger partial charge in [-0.25, -0.2) is 0 Å². The molecule has 2 amide bonds. The van der Waals surface area contributed by atoms with Crippen LogP contribution < -0.4 is 5.32 Å². The van der Waals surface area contributed by atoms with Crippen molar-refractivity contribution in [2.75, 3.05) is 18.4 Å². The molecule has 0 spiro atoms. The van der Waals surface area contributed by atoms with Crippen LogP contribution in [0.3, 0.4) is 0 Å². The van der Waals surface area contributed by atoms with E-state index in [0.717, 1.165) is 28.9 Å². The number of amides is 2. The molecular formula is C25H28N4O2. The van der Waals surface area contributed by atoms with Gasteiger partial charge in [-0.05, 0) is 61.6 Å². The van der Waals surface area contributed by atoms with E-state index in [2.05, 4.69) is 23.3 Å². The van der Waals surface area contributed by atoms with E-state index in [1.165, 1.54) is 0 Å². The van der Waals surface area contributed by atoms with Crippen LogP contribution in [0.25, 0.3) is 5.69 Å². The molecule has 1 saturated heterocycles. The van der Waals surface area contributed by atoms with Crippen molar-refractivity contribution in [1.82, 2.24) is 14.5 Å². The van der Waals surface area contributed by atoms with Crippen molar-refractivity contribution in [3.63, 3.8) is 0 Å². The maximum absolute atomic E-state index is 13.1. The molecule has 6 heteroatoms. The van der Waals surface area contributed by atoms with Crippen molar-refractivity contribution in [3.05, 3.63) is 77.9 Å². The van der Waals surface area contributed by atoms with Gasteiger partial charge in [-0.2, -0.15) is 0 Å². The number of hydrogen-bond donors (Lipinski definition) is 1. The van der Waals surface area contributed by atoms with Gasteiger partial charge in [0, 0.05) is 37.1 Å². The largest absolute Gasteiger partial charge is 0.337 e. The SMILES string of the molecule is CCc1cccc(C)c1NC(=O)C1CCN(C(=O)c2cccn2-c2cccnc2)CC1. The van der Waals surface area contributed by atoms with Gasteiger partial charge in [0.15, 0.2) is 0 Å². The number of anilines is 1. The first-order valence-electron chi connectivity index (χ1n) is 10.8. The van der Waals surface area contributed by atoms with Gasteiger partial charge in [0.25, 0.3) is 5.91 Å². The van der Waals surface area contributed by atoms with Crippen LogP contribution in [-0.2, 0) is 11.2 Å². The zero-order valence-electron chi connectivity index (χ0n) is 18.0. The van der Waals surface area contributed by atoms with Gasteiger partial charge in [-0.3, -0.25) is 14.6 Å². The number of piperidine rings is 1. The Hall–Kier alpha value is -3.41. The molecule has 2 aromatic heterocycles. The van der Waals surface area contributed by atoms with Gasteiger partial charge >= 0.3 is 0 Å². The number of rotatable bonds is 5. The Morgan fingerprint density at radius 1 is 1.10 bits per heavy atom. The van der Waals surface area contributed by atoms with Crippen molar-refractivity contribution in [2.45, 2.75) is 33.1 Å². The maximum Gasteiger partial charge on any atom is 0.270 e. The number of nitrogens with one attached hydrogen (secondary N) is 1. The topological polar surface area (TPSA) is 67.2 Å². The summed E-state index contributed by atoms with van der Waals surface area (Å²) in [6.07, 6.45) is 7.53. The van der Waals surface area contributed by atoms with Gasteiger partial charge in [0.1, 0.15) is 5.69 Å². The minimum Gasteiger partial charge on any atom is -0.337 e. The van der Waals surface area contributed by atoms with Crippen LogP contribution >= 0.6 is 0 Å². The number of para-hydroxylation sites is 1. The second kappa shape index (κ2) is 9.16. The fourth-order valence-corrected chi connectivity index (χ4v) is 4.21. The van der Waals surface area contributed by atoms with Crippen LogP contribution in [0.4, 0.5) is 5.69 Å². The number of nitrogens with zero attached hydrogens (tertiary/aromatic N) is 3. The second-order valence-corrected chi connectivity index (χ2v) is 7.99. The van der Waals surface area contributed by atoms with Crippen LogP contribution in [-0.4, -0.2) is 39.4 Å². The summed E-state index contributed by atoms with van der Waals surface area (Å²) in [5.74, 6) is -0.0480. The summed E-state index contributed by atoms with van der Waals surface area (Å²) in [6, 6.07) is 13.6. The number of pyridine rings is 1. The van der Waals surface area contributed by atoms with E-state index in [1.54, 1.807) is 12.4 Å². The van der Waals surface area contributed by atoms with E-state index in [4.69, 9.17) is 0 Å². The van der Waals surface area contributed by atoms with Crippen LogP contribution in [0.1, 0.15) is 41.4 Å². The molecular weight excluding hydrogens is 388 g/mol. The quantitative estimate of drug-likeness (QED) is 0.677. The van der Waals surface area contributed by atoms with Gasteiger partial charge in [-0.1, -0.05) is 25.1 Å². The summed E-state index contributed by atoms with van der Waals surface area (Å²) < 4.78 is 1.86. The van der Waals surface area contributed by atoms with Gasteiger partial charge < -0.3 is 14.8 Å². The lowest BCUT2D eigenvalue weighted by atomic mass is 9.95. The van der Waals surface area contributed by atoms with E-state index in [1.807, 2.05) is 59.0 Å². The first-order chi connectivity index (χ1) is 15.1. The van der Waals surface area contributed by atoms with Gasteiger partial charge in [0.2, 0.25) is 5.91 Å². The molecule has 1 aliphatic rings. The van der Waals surface area contributed by atoms with E-state index in [9.17, 15) is 9.59 Å². The summed E-state index contributed by atoms with van der Waals surface area (Å²) >= 11 is 0. The van der Waals surface area contributed by atoms with Gasteiger partial charge in [0.05, 0.1) is 11.9 Å². The molecule has 0 bridgehead atoms. The van der Waals surface area contributed by atoms with Crippen molar-refractivity contribution in [3.8, 4) is 5.69 Å². The number of hydrogen-bond acceptors (Lipinski definition) is 3. The minimum absolute atomic E-state index is 0.0140. The first-order valence-corrected chi connectivity index (χ1v) is 10.8. The average Bonchev–Trinajstić information content (AvgIpc) is 3.30. The molecule has 1 aliphatic heterocycles. The molecule has 3 heterocycles. The molecule has 0 unspecified atom stereocenters. The Bertz CT molecular complexity index is 1070. The maximum atomic E-state index is 13.1. The summed E-state index contributed by atoms with van der Waals surface area (Å²) in [4.78, 5) is 32.0. The smallest absolute Gasteiger partial charge is 0.270 e. The summed E-state index contributed by atoms with van der Waals surface area (Å²) in [6.45, 7) is 5.26. The normalized spacial score (nSPS) is 14.5. The van der Waals surface area contributed by atoms with Crippen molar-refractivity contribution >= 4 is 17.5 Å². The Morgan fingerprint density at radius 2 is 1.90 bits per heavy atom. The number of carbonyl (C=O) groups excluding carboxylic acids is 2. The van der Waals surface area contributed by atoms with Crippen molar-refractivity contribution < 1.29 is 9.59 Å². The summed E-state index contributed by atoms with van der Waals surface area (Å²) in [5.41, 5.74) is 4.63. The van der Waals surface area contributed by atoms with E-state index in [0.29, 0.717) is 31.6 Å². The number of carbonyl (C=O) groups is 2. The molecule has 31 heavy (non-hydrogen) atoms. The van der Waals surface area contributed by atoms with Crippen LogP contribution in [0.5, 0.6) is 0 Å². The molecule has 6 nitrogen and oxygen atoms in total. The molecule has 1 aromatic carbocycles. The number of likely N-dealkylation sites (tertiary alicyclic amines) is 1. The molecule has 4 rings (SSSR count). The predicted octanol–water partition coefficient (Wildman–Crippen LogP) is 4.23. The van der Waals surface area contributed by atoms with E-state index in [-0.39, 0.29) is 17.7 Å². The Labute approximate surface area is 182 Å². The lowest BCUT2D eigenvalue weighted by Gasteiger charge is -2.31. The highest BCUT2D eigenvalue weighted by Crippen LogP contribution is 2.25. The third kappa shape index (κ3) is 4.38. The molecule has 0 saturated carbocycles. The first kappa shape index (κ1) is 20.8. The third-order valence-corrected chi connectivity index (χ3v) is 6.03. The zero-order valence-corrected chi connectivity index (χ0v) is 18.0. The number of aryl methyl sites for hydroxylation is 2. The summed E-state index contributed by atoms with van der Waals surface area (Å²) in [7, 11) is 0. The second-order valence-electron chi connectivity index (χ2n) is 7.99. The lowest BCUT2D eigenvalue weighted by molar-refractivity contribution is -0.121. The molecule has 160 valence electrons. The van der Waals surface area contributed by atoms with Crippen molar-refractivity contribution in [1.29, 1.82) is 0 Å². The number of benzene rings is 1. The molecule has 0 aliphatic carbocycles. The van der Waals surface area contributed by atoms with Crippen molar-refractivity contribution in [2.24, 2.45) is 5.92 Å². The zero-order chi connectivity index (χ0) is 21.8. The highest BCUT2D eigenvalue weighted by Gasteiger charge is 2.29. The van der Waals surface area contributed by atoms with Crippen LogP contribution in [0.15, 0.2) is 61.1 Å². The molecule has 1 N–H and O–H groups in total. The van der Waals surface area contributed by atoms with E-state index >= 15 is 0 Å². The molecule has 3 aromatic rings. The van der Waals surface area contributed by atoms with Crippen LogP contribution in [0.2, 0.25) is 0 Å². The monoisotopic (exact) mass is 416 g/mol. The highest BCUT2D eigenvalue weighted by molar-refractivity contribution is 5.95. The molecule has 1 fully saturated rings. The Morgan fingerprint density at radius 3 is 2.61 bits per heavy atom. The lowest BCUT2D eigenvalue weighted by Crippen LogP contribution is -2.42. The Kier molecular flexibility index (Phi) is 6.16. The minimum atomic E-state index is -0.0847. The van der Waals surface area contributed by atoms with Crippen LogP contribution in [0, 0.1) is 12.8 Å². The number of aromatic nitrogens is 2. The molecule has 0 atom stereocenters. The Balaban J connectivity index is 1.40.